The number of ether oxygens (including phenoxy) is 1. The van der Waals surface area contributed by atoms with Crippen LogP contribution < -0.4 is 5.32 Å². The van der Waals surface area contributed by atoms with E-state index in [-0.39, 0.29) is 5.91 Å². The molecule has 1 aromatic carbocycles. The van der Waals surface area contributed by atoms with Gasteiger partial charge in [0.05, 0.1) is 30.7 Å². The number of hydrogen-bond acceptors (Lipinski definition) is 4. The summed E-state index contributed by atoms with van der Waals surface area (Å²) in [6.07, 6.45) is 3.77. The predicted molar refractivity (Wildman–Crippen MR) is 113 cm³/mol. The van der Waals surface area contributed by atoms with E-state index in [9.17, 15) is 4.79 Å². The number of carbonyl (C=O) groups excluding carboxylic acids is 1. The highest BCUT2D eigenvalue weighted by atomic mass is 16.5. The van der Waals surface area contributed by atoms with Gasteiger partial charge in [0, 0.05) is 26.2 Å². The first-order valence-electron chi connectivity index (χ1n) is 10.7. The van der Waals surface area contributed by atoms with Gasteiger partial charge in [0.25, 0.3) is 5.91 Å². The van der Waals surface area contributed by atoms with E-state index in [1.165, 1.54) is 22.3 Å². The largest absolute Gasteiger partial charge is 0.378 e. The molecule has 29 heavy (non-hydrogen) atoms. The minimum atomic E-state index is 0.106. The van der Waals surface area contributed by atoms with Crippen LogP contribution in [0, 0.1) is 26.7 Å². The van der Waals surface area contributed by atoms with Crippen LogP contribution >= 0.6 is 0 Å². The number of aryl methyl sites for hydroxylation is 4. The van der Waals surface area contributed by atoms with Gasteiger partial charge in [-0.3, -0.25) is 9.48 Å². The highest BCUT2D eigenvalue weighted by Crippen LogP contribution is 2.24. The minimum absolute atomic E-state index is 0.106. The fourth-order valence-corrected chi connectivity index (χ4v) is 4.68. The van der Waals surface area contributed by atoms with Crippen LogP contribution in [0.5, 0.6) is 0 Å². The second-order valence-electron chi connectivity index (χ2n) is 8.50. The SMILES string of the molecule is Cc1cc(C)c(CNC[C@H]2CCn3ncc(C(=O)N4CCOCC4)c3C2)c(C)c1. The molecule has 2 aliphatic rings. The monoisotopic (exact) mass is 396 g/mol. The van der Waals surface area contributed by atoms with Gasteiger partial charge in [0.2, 0.25) is 0 Å². The Hall–Kier alpha value is -2.18. The van der Waals surface area contributed by atoms with Gasteiger partial charge in [0.1, 0.15) is 0 Å². The van der Waals surface area contributed by atoms with Crippen molar-refractivity contribution in [3.05, 3.63) is 51.8 Å². The number of benzene rings is 1. The number of amides is 1. The molecule has 1 atom stereocenters. The Kier molecular flexibility index (Phi) is 6.01. The lowest BCUT2D eigenvalue weighted by molar-refractivity contribution is 0.0301. The normalized spacial score (nSPS) is 19.3. The van der Waals surface area contributed by atoms with Gasteiger partial charge in [-0.2, -0.15) is 5.10 Å². The molecule has 1 aromatic heterocycles. The molecule has 1 saturated heterocycles. The smallest absolute Gasteiger partial charge is 0.257 e. The Labute approximate surface area is 173 Å². The van der Waals surface area contributed by atoms with Crippen molar-refractivity contribution in [3.8, 4) is 0 Å². The number of rotatable bonds is 5. The van der Waals surface area contributed by atoms with Crippen molar-refractivity contribution in [3.63, 3.8) is 0 Å². The van der Waals surface area contributed by atoms with Crippen molar-refractivity contribution in [2.24, 2.45) is 5.92 Å². The van der Waals surface area contributed by atoms with E-state index in [1.54, 1.807) is 6.20 Å². The fourth-order valence-electron chi connectivity index (χ4n) is 4.68. The van der Waals surface area contributed by atoms with Crippen molar-refractivity contribution >= 4 is 5.91 Å². The molecular formula is C23H32N4O2. The summed E-state index contributed by atoms with van der Waals surface area (Å²) < 4.78 is 7.40. The zero-order chi connectivity index (χ0) is 20.4. The quantitative estimate of drug-likeness (QED) is 0.844. The molecule has 156 valence electrons. The van der Waals surface area contributed by atoms with Crippen molar-refractivity contribution < 1.29 is 9.53 Å². The van der Waals surface area contributed by atoms with Gasteiger partial charge in [-0.1, -0.05) is 17.7 Å². The molecule has 6 heteroatoms. The van der Waals surface area contributed by atoms with E-state index in [1.807, 2.05) is 9.58 Å². The van der Waals surface area contributed by atoms with Gasteiger partial charge in [-0.15, -0.1) is 0 Å². The van der Waals surface area contributed by atoms with E-state index in [0.29, 0.717) is 32.2 Å². The Morgan fingerprint density at radius 2 is 1.90 bits per heavy atom. The Morgan fingerprint density at radius 1 is 1.17 bits per heavy atom. The Balaban J connectivity index is 1.37. The molecule has 0 aliphatic carbocycles. The highest BCUT2D eigenvalue weighted by Gasteiger charge is 2.28. The lowest BCUT2D eigenvalue weighted by atomic mass is 9.93. The van der Waals surface area contributed by atoms with Crippen molar-refractivity contribution in [2.45, 2.75) is 46.7 Å². The van der Waals surface area contributed by atoms with Crippen LogP contribution in [0.15, 0.2) is 18.3 Å². The zero-order valence-corrected chi connectivity index (χ0v) is 17.8. The molecule has 1 N–H and O–H groups in total. The van der Waals surface area contributed by atoms with Crippen molar-refractivity contribution in [2.75, 3.05) is 32.8 Å². The lowest BCUT2D eigenvalue weighted by Crippen LogP contribution is -2.41. The number of carbonyl (C=O) groups is 1. The first-order chi connectivity index (χ1) is 14.0. The fraction of sp³-hybridized carbons (Fsp3) is 0.565. The number of aromatic nitrogens is 2. The number of hydrogen-bond donors (Lipinski definition) is 1. The van der Waals surface area contributed by atoms with Gasteiger partial charge >= 0.3 is 0 Å². The summed E-state index contributed by atoms with van der Waals surface area (Å²) in [4.78, 5) is 14.8. The average molecular weight is 397 g/mol. The zero-order valence-electron chi connectivity index (χ0n) is 17.8. The molecular weight excluding hydrogens is 364 g/mol. The van der Waals surface area contributed by atoms with E-state index < -0.39 is 0 Å². The molecule has 0 bridgehead atoms. The molecule has 2 aromatic rings. The number of nitrogens with one attached hydrogen (secondary N) is 1. The van der Waals surface area contributed by atoms with E-state index in [2.05, 4.69) is 43.3 Å². The van der Waals surface area contributed by atoms with Gasteiger partial charge in [-0.05, 0) is 62.8 Å². The van der Waals surface area contributed by atoms with Crippen LogP contribution in [-0.4, -0.2) is 53.4 Å². The lowest BCUT2D eigenvalue weighted by Gasteiger charge is -2.28. The molecule has 0 saturated carbocycles. The molecule has 0 unspecified atom stereocenters. The second kappa shape index (κ2) is 8.67. The molecule has 6 nitrogen and oxygen atoms in total. The predicted octanol–water partition coefficient (Wildman–Crippen LogP) is 2.63. The summed E-state index contributed by atoms with van der Waals surface area (Å²) in [7, 11) is 0. The van der Waals surface area contributed by atoms with Crippen molar-refractivity contribution in [1.29, 1.82) is 0 Å². The Morgan fingerprint density at radius 3 is 2.62 bits per heavy atom. The maximum absolute atomic E-state index is 12.9. The van der Waals surface area contributed by atoms with E-state index in [0.717, 1.165) is 43.7 Å². The molecule has 2 aliphatic heterocycles. The summed E-state index contributed by atoms with van der Waals surface area (Å²) in [5, 5.41) is 8.15. The van der Waals surface area contributed by atoms with E-state index >= 15 is 0 Å². The van der Waals surface area contributed by atoms with Gasteiger partial charge in [0.15, 0.2) is 0 Å². The molecule has 3 heterocycles. The summed E-state index contributed by atoms with van der Waals surface area (Å²) in [6.45, 7) is 11.9. The van der Waals surface area contributed by atoms with Crippen LogP contribution in [0.1, 0.15) is 44.7 Å². The maximum Gasteiger partial charge on any atom is 0.257 e. The van der Waals surface area contributed by atoms with Crippen LogP contribution in [-0.2, 0) is 24.2 Å². The third-order valence-electron chi connectivity index (χ3n) is 6.28. The second-order valence-corrected chi connectivity index (χ2v) is 8.50. The molecule has 1 fully saturated rings. The first-order valence-corrected chi connectivity index (χ1v) is 10.7. The minimum Gasteiger partial charge on any atom is -0.378 e. The summed E-state index contributed by atoms with van der Waals surface area (Å²) in [6, 6.07) is 4.51. The van der Waals surface area contributed by atoms with Crippen molar-refractivity contribution in [1.82, 2.24) is 20.0 Å². The first kappa shape index (κ1) is 20.1. The summed E-state index contributed by atoms with van der Waals surface area (Å²) in [5.41, 5.74) is 7.32. The number of nitrogens with zero attached hydrogens (tertiary/aromatic N) is 3. The molecule has 0 spiro atoms. The maximum atomic E-state index is 12.9. The molecule has 0 radical (unpaired) electrons. The third-order valence-corrected chi connectivity index (χ3v) is 6.28. The van der Waals surface area contributed by atoms with Crippen LogP contribution in [0.3, 0.4) is 0 Å². The number of morpholine rings is 1. The molecule has 1 amide bonds. The third kappa shape index (κ3) is 4.38. The standard InChI is InChI=1S/C23H32N4O2/c1-16-10-17(2)20(18(3)11-16)14-24-13-19-4-5-27-22(12-19)21(15-25-27)23(28)26-6-8-29-9-7-26/h10-11,15,19,24H,4-9,12-14H2,1-3H3/t19-/m0/s1. The van der Waals surface area contributed by atoms with Gasteiger partial charge < -0.3 is 15.0 Å². The summed E-state index contributed by atoms with van der Waals surface area (Å²) in [5.74, 6) is 0.635. The average Bonchev–Trinajstić information content (AvgIpc) is 3.13. The Bertz CT molecular complexity index is 860. The van der Waals surface area contributed by atoms with Gasteiger partial charge in [-0.25, -0.2) is 0 Å². The highest BCUT2D eigenvalue weighted by molar-refractivity contribution is 5.95. The van der Waals surface area contributed by atoms with Crippen LogP contribution in [0.25, 0.3) is 0 Å². The van der Waals surface area contributed by atoms with Crippen LogP contribution in [0.4, 0.5) is 0 Å². The molecule has 4 rings (SSSR count). The number of fused-ring (bicyclic) bond motifs is 1. The topological polar surface area (TPSA) is 59.4 Å². The van der Waals surface area contributed by atoms with Crippen LogP contribution in [0.2, 0.25) is 0 Å². The summed E-state index contributed by atoms with van der Waals surface area (Å²) >= 11 is 0. The van der Waals surface area contributed by atoms with E-state index in [4.69, 9.17) is 4.74 Å².